The van der Waals surface area contributed by atoms with Crippen LogP contribution in [0.15, 0.2) is 35.5 Å². The topological polar surface area (TPSA) is 72.9 Å². The molecule has 0 aromatic heterocycles. The molecule has 2 aliphatic heterocycles. The van der Waals surface area contributed by atoms with Crippen LogP contribution in [0.3, 0.4) is 0 Å². The average molecular weight is 322 g/mol. The minimum atomic E-state index is -0.493. The van der Waals surface area contributed by atoms with Crippen molar-refractivity contribution in [2.75, 3.05) is 26.7 Å². The van der Waals surface area contributed by atoms with Crippen LogP contribution in [0.2, 0.25) is 5.02 Å². The summed E-state index contributed by atoms with van der Waals surface area (Å²) in [7, 11) is 1.64. The van der Waals surface area contributed by atoms with Crippen LogP contribution in [0.25, 0.3) is 0 Å². The highest BCUT2D eigenvalue weighted by Gasteiger charge is 2.42. The number of amides is 3. The summed E-state index contributed by atoms with van der Waals surface area (Å²) in [5.41, 5.74) is 2.04. The Hall–Kier alpha value is -2.05. The highest BCUT2D eigenvalue weighted by atomic mass is 35.5. The van der Waals surface area contributed by atoms with Crippen molar-refractivity contribution in [3.05, 3.63) is 46.1 Å². The number of halogens is 1. The summed E-state index contributed by atoms with van der Waals surface area (Å²) in [6.45, 7) is 0.479. The largest absolute Gasteiger partial charge is 0.395 e. The van der Waals surface area contributed by atoms with E-state index < -0.39 is 6.04 Å². The molecule has 1 atom stereocenters. The van der Waals surface area contributed by atoms with Gasteiger partial charge in [0.05, 0.1) is 30.5 Å². The summed E-state index contributed by atoms with van der Waals surface area (Å²) in [6, 6.07) is 6.31. The Morgan fingerprint density at radius 3 is 2.64 bits per heavy atom. The number of rotatable bonds is 3. The summed E-state index contributed by atoms with van der Waals surface area (Å²) in [6.07, 6.45) is 0. The molecule has 2 N–H and O–H groups in total. The van der Waals surface area contributed by atoms with Crippen molar-refractivity contribution in [3.8, 4) is 0 Å². The van der Waals surface area contributed by atoms with Crippen LogP contribution in [-0.4, -0.2) is 53.6 Å². The first-order chi connectivity index (χ1) is 10.5. The molecule has 0 unspecified atom stereocenters. The van der Waals surface area contributed by atoms with Crippen LogP contribution in [-0.2, 0) is 4.79 Å². The fourth-order valence-electron chi connectivity index (χ4n) is 2.83. The number of nitrogens with one attached hydrogen (secondary N) is 1. The van der Waals surface area contributed by atoms with Gasteiger partial charge in [0.2, 0.25) is 0 Å². The second kappa shape index (κ2) is 5.62. The van der Waals surface area contributed by atoms with Gasteiger partial charge in [0.15, 0.2) is 0 Å². The first-order valence-corrected chi connectivity index (χ1v) is 7.33. The van der Waals surface area contributed by atoms with Crippen LogP contribution in [0.1, 0.15) is 11.6 Å². The quantitative estimate of drug-likeness (QED) is 0.876. The van der Waals surface area contributed by atoms with Crippen molar-refractivity contribution in [3.63, 3.8) is 0 Å². The molecule has 2 aliphatic rings. The zero-order valence-electron chi connectivity index (χ0n) is 12.0. The number of benzene rings is 1. The lowest BCUT2D eigenvalue weighted by atomic mass is 9.96. The molecular formula is C15H16ClN3O3. The second-order valence-corrected chi connectivity index (χ2v) is 5.74. The van der Waals surface area contributed by atoms with Crippen molar-refractivity contribution in [1.29, 1.82) is 0 Å². The maximum atomic E-state index is 12.6. The van der Waals surface area contributed by atoms with E-state index in [0.717, 1.165) is 5.56 Å². The number of hydrogen-bond donors (Lipinski definition) is 2. The first kappa shape index (κ1) is 14.9. The molecule has 3 rings (SSSR count). The molecule has 0 saturated heterocycles. The van der Waals surface area contributed by atoms with E-state index in [1.807, 2.05) is 0 Å². The first-order valence-electron chi connectivity index (χ1n) is 6.95. The molecule has 0 radical (unpaired) electrons. The van der Waals surface area contributed by atoms with Crippen molar-refractivity contribution in [2.24, 2.45) is 0 Å². The summed E-state index contributed by atoms with van der Waals surface area (Å²) in [5.74, 6) is -0.157. The van der Waals surface area contributed by atoms with Gasteiger partial charge in [-0.25, -0.2) is 4.79 Å². The van der Waals surface area contributed by atoms with Crippen molar-refractivity contribution in [1.82, 2.24) is 15.1 Å². The third kappa shape index (κ3) is 2.34. The monoisotopic (exact) mass is 321 g/mol. The van der Waals surface area contributed by atoms with Crippen LogP contribution in [0.4, 0.5) is 4.79 Å². The van der Waals surface area contributed by atoms with Gasteiger partial charge in [0, 0.05) is 18.6 Å². The molecule has 0 bridgehead atoms. The van der Waals surface area contributed by atoms with E-state index >= 15 is 0 Å². The molecule has 6 nitrogen and oxygen atoms in total. The molecule has 0 aliphatic carbocycles. The fraction of sp³-hybridized carbons (Fsp3) is 0.333. The Balaban J connectivity index is 2.02. The minimum absolute atomic E-state index is 0.108. The SMILES string of the molecule is CN1C(=O)N[C@@H](c2ccc(Cl)cc2)C2=C1CN(CCO)C2=O. The molecule has 2 heterocycles. The molecular weight excluding hydrogens is 306 g/mol. The Labute approximate surface area is 133 Å². The number of aliphatic hydroxyl groups excluding tert-OH is 1. The Morgan fingerprint density at radius 2 is 2.00 bits per heavy atom. The minimum Gasteiger partial charge on any atom is -0.395 e. The number of nitrogens with zero attached hydrogens (tertiary/aromatic N) is 2. The average Bonchev–Trinajstić information content (AvgIpc) is 2.82. The van der Waals surface area contributed by atoms with Gasteiger partial charge < -0.3 is 15.3 Å². The number of β-amino-alcohol motifs (C(OH)–C–C–N with tert-alkyl or cyclic N) is 1. The van der Waals surface area contributed by atoms with Crippen molar-refractivity contribution < 1.29 is 14.7 Å². The molecule has 1 aromatic rings. The molecule has 116 valence electrons. The molecule has 7 heteroatoms. The molecule has 1 aromatic carbocycles. The smallest absolute Gasteiger partial charge is 0.322 e. The molecule has 0 saturated carbocycles. The number of carbonyl (C=O) groups is 2. The standard InChI is InChI=1S/C15H16ClN3O3/c1-18-11-8-19(6-7-20)14(21)12(11)13(17-15(18)22)9-2-4-10(16)5-3-9/h2-5,13,20H,6-8H2,1H3,(H,17,22)/t13-/m0/s1. The zero-order valence-corrected chi connectivity index (χ0v) is 12.8. The van der Waals surface area contributed by atoms with Crippen LogP contribution in [0.5, 0.6) is 0 Å². The van der Waals surface area contributed by atoms with Crippen molar-refractivity contribution in [2.45, 2.75) is 6.04 Å². The molecule has 0 fully saturated rings. The number of likely N-dealkylation sites (N-methyl/N-ethyl adjacent to an activating group) is 1. The summed E-state index contributed by atoms with van der Waals surface area (Å²) < 4.78 is 0. The van der Waals surface area contributed by atoms with Gasteiger partial charge in [0.25, 0.3) is 5.91 Å². The number of aliphatic hydroxyl groups is 1. The van der Waals surface area contributed by atoms with E-state index in [0.29, 0.717) is 22.8 Å². The highest BCUT2D eigenvalue weighted by molar-refractivity contribution is 6.30. The Kier molecular flexibility index (Phi) is 3.80. The van der Waals surface area contributed by atoms with Crippen LogP contribution >= 0.6 is 11.6 Å². The fourth-order valence-corrected chi connectivity index (χ4v) is 2.96. The lowest BCUT2D eigenvalue weighted by Crippen LogP contribution is -2.45. The van der Waals surface area contributed by atoms with Gasteiger partial charge in [-0.15, -0.1) is 0 Å². The normalized spacial score (nSPS) is 21.3. The molecule has 3 amide bonds. The van der Waals surface area contributed by atoms with Crippen molar-refractivity contribution >= 4 is 23.5 Å². The Morgan fingerprint density at radius 1 is 1.32 bits per heavy atom. The van der Waals surface area contributed by atoms with E-state index in [2.05, 4.69) is 5.32 Å². The summed E-state index contributed by atoms with van der Waals surface area (Å²) >= 11 is 5.90. The van der Waals surface area contributed by atoms with E-state index in [4.69, 9.17) is 16.7 Å². The number of hydrogen-bond acceptors (Lipinski definition) is 3. The third-order valence-electron chi connectivity index (χ3n) is 4.01. The van der Waals surface area contributed by atoms with Gasteiger partial charge in [0.1, 0.15) is 0 Å². The van der Waals surface area contributed by atoms with Gasteiger partial charge in [-0.2, -0.15) is 0 Å². The zero-order chi connectivity index (χ0) is 15.9. The number of urea groups is 1. The molecule has 22 heavy (non-hydrogen) atoms. The van der Waals surface area contributed by atoms with Gasteiger partial charge >= 0.3 is 6.03 Å². The van der Waals surface area contributed by atoms with E-state index in [1.54, 1.807) is 36.2 Å². The van der Waals surface area contributed by atoms with Gasteiger partial charge in [-0.05, 0) is 17.7 Å². The summed E-state index contributed by atoms with van der Waals surface area (Å²) in [4.78, 5) is 27.7. The van der Waals surface area contributed by atoms with Gasteiger partial charge in [-0.1, -0.05) is 23.7 Å². The van der Waals surface area contributed by atoms with E-state index in [9.17, 15) is 9.59 Å². The maximum absolute atomic E-state index is 12.6. The maximum Gasteiger partial charge on any atom is 0.322 e. The molecule has 0 spiro atoms. The second-order valence-electron chi connectivity index (χ2n) is 5.30. The van der Waals surface area contributed by atoms with Crippen LogP contribution in [0, 0.1) is 0 Å². The van der Waals surface area contributed by atoms with E-state index in [-0.39, 0.29) is 25.1 Å². The Bertz CT molecular complexity index is 657. The number of carbonyl (C=O) groups excluding carboxylic acids is 2. The summed E-state index contributed by atoms with van der Waals surface area (Å²) in [5, 5.41) is 12.5. The van der Waals surface area contributed by atoms with Gasteiger partial charge in [-0.3, -0.25) is 9.69 Å². The highest BCUT2D eigenvalue weighted by Crippen LogP contribution is 2.35. The predicted octanol–water partition coefficient (Wildman–Crippen LogP) is 1.12. The van der Waals surface area contributed by atoms with Crippen LogP contribution < -0.4 is 5.32 Å². The lowest BCUT2D eigenvalue weighted by Gasteiger charge is -2.31. The third-order valence-corrected chi connectivity index (χ3v) is 4.26. The van der Waals surface area contributed by atoms with E-state index in [1.165, 1.54) is 4.90 Å². The lowest BCUT2D eigenvalue weighted by molar-refractivity contribution is -0.126. The predicted molar refractivity (Wildman–Crippen MR) is 81.2 cm³/mol.